The zero-order valence-corrected chi connectivity index (χ0v) is 32.7. The van der Waals surface area contributed by atoms with Crippen molar-refractivity contribution in [3.63, 3.8) is 0 Å². The Morgan fingerprint density at radius 1 is 0.719 bits per heavy atom. The van der Waals surface area contributed by atoms with Crippen LogP contribution in [0.25, 0.3) is 11.1 Å². The Hall–Kier alpha value is -6.18. The van der Waals surface area contributed by atoms with Gasteiger partial charge in [0.1, 0.15) is 6.61 Å². The van der Waals surface area contributed by atoms with E-state index in [4.69, 9.17) is 16.3 Å². The maximum absolute atomic E-state index is 15.1. The number of carbonyl (C=O) groups is 3. The highest BCUT2D eigenvalue weighted by atomic mass is 35.5. The lowest BCUT2D eigenvalue weighted by molar-refractivity contribution is -0.152. The SMILES string of the molecule is C[C@@H](CN(C)C(=O)C(Cc1ccccc1)[C@@H](C(=O)O)C(c1ccccc1)(c1ccccc1)c1ccccc1Cl)NC(=O)OCC1c2ccccc2-c2ccccc21. The topological polar surface area (TPSA) is 95.9 Å². The normalized spacial score (nSPS) is 13.7. The van der Waals surface area contributed by atoms with Crippen molar-refractivity contribution in [3.05, 3.63) is 202 Å². The fourth-order valence-corrected chi connectivity index (χ4v) is 9.02. The molecular formula is C49H45ClN2O5. The molecule has 7 rings (SSSR count). The molecule has 7 nitrogen and oxygen atoms in total. The summed E-state index contributed by atoms with van der Waals surface area (Å²) >= 11 is 7.06. The number of amides is 2. The van der Waals surface area contributed by atoms with E-state index in [1.54, 1.807) is 20.0 Å². The van der Waals surface area contributed by atoms with Crippen LogP contribution in [0.5, 0.6) is 0 Å². The molecule has 0 heterocycles. The largest absolute Gasteiger partial charge is 0.481 e. The third kappa shape index (κ3) is 7.94. The summed E-state index contributed by atoms with van der Waals surface area (Å²) in [6.45, 7) is 2.06. The van der Waals surface area contributed by atoms with E-state index in [2.05, 4.69) is 29.6 Å². The fourth-order valence-electron chi connectivity index (χ4n) is 8.73. The van der Waals surface area contributed by atoms with Gasteiger partial charge in [0.2, 0.25) is 5.91 Å². The molecule has 0 fully saturated rings. The van der Waals surface area contributed by atoms with Gasteiger partial charge in [-0.2, -0.15) is 0 Å². The number of hydrogen-bond donors (Lipinski definition) is 2. The maximum Gasteiger partial charge on any atom is 0.407 e. The highest BCUT2D eigenvalue weighted by Crippen LogP contribution is 2.51. The minimum atomic E-state index is -1.40. The number of carboxylic acids is 1. The molecule has 0 aromatic heterocycles. The van der Waals surface area contributed by atoms with Crippen molar-refractivity contribution in [1.82, 2.24) is 10.2 Å². The number of fused-ring (bicyclic) bond motifs is 3. The average Bonchev–Trinajstić information content (AvgIpc) is 3.55. The number of rotatable bonds is 14. The standard InChI is InChI=1S/C49H45ClN2O5/c1-33(51-48(56)57-32-42-39-26-14-12-24-37(39)38-25-13-15-27-40(38)42)31-52(2)46(53)41(30-34-18-6-3-7-19-34)45(47(54)55)49(35-20-8-4-9-21-35,36-22-10-5-11-23-36)43-28-16-17-29-44(43)50/h3-29,33,41-42,45H,30-32H2,1-2H3,(H,51,56)(H,54,55)/t33-,41?,45-/m0/s1. The van der Waals surface area contributed by atoms with Crippen LogP contribution in [0.4, 0.5) is 4.79 Å². The number of hydrogen-bond acceptors (Lipinski definition) is 4. The van der Waals surface area contributed by atoms with Gasteiger partial charge in [-0.25, -0.2) is 4.79 Å². The first kappa shape index (κ1) is 39.1. The highest BCUT2D eigenvalue weighted by molar-refractivity contribution is 6.31. The zero-order valence-electron chi connectivity index (χ0n) is 31.9. The first-order chi connectivity index (χ1) is 27.7. The minimum absolute atomic E-state index is 0.0954. The first-order valence-electron chi connectivity index (χ1n) is 19.2. The van der Waals surface area contributed by atoms with Gasteiger partial charge in [0.15, 0.2) is 0 Å². The Kier molecular flexibility index (Phi) is 11.9. The second kappa shape index (κ2) is 17.3. The molecule has 288 valence electrons. The zero-order chi connectivity index (χ0) is 39.9. The molecule has 2 amide bonds. The van der Waals surface area contributed by atoms with E-state index >= 15 is 4.79 Å². The summed E-state index contributed by atoms with van der Waals surface area (Å²) in [5.74, 6) is -4.02. The maximum atomic E-state index is 15.1. The van der Waals surface area contributed by atoms with Gasteiger partial charge in [0.05, 0.1) is 17.3 Å². The molecule has 3 atom stereocenters. The Morgan fingerprint density at radius 2 is 1.21 bits per heavy atom. The van der Waals surface area contributed by atoms with Crippen molar-refractivity contribution in [1.29, 1.82) is 0 Å². The van der Waals surface area contributed by atoms with Crippen LogP contribution in [0.1, 0.15) is 46.2 Å². The van der Waals surface area contributed by atoms with Gasteiger partial charge in [-0.3, -0.25) is 9.59 Å². The van der Waals surface area contributed by atoms with Crippen LogP contribution < -0.4 is 5.32 Å². The molecule has 1 aliphatic carbocycles. The molecule has 0 aliphatic heterocycles. The first-order valence-corrected chi connectivity index (χ1v) is 19.6. The van der Waals surface area contributed by atoms with Crippen molar-refractivity contribution in [2.45, 2.75) is 30.7 Å². The molecular weight excluding hydrogens is 732 g/mol. The van der Waals surface area contributed by atoms with Crippen LogP contribution in [0.3, 0.4) is 0 Å². The Balaban J connectivity index is 1.19. The van der Waals surface area contributed by atoms with Crippen LogP contribution >= 0.6 is 11.6 Å². The Labute approximate surface area is 338 Å². The van der Waals surface area contributed by atoms with E-state index in [0.29, 0.717) is 21.7 Å². The second-order valence-electron chi connectivity index (χ2n) is 14.7. The third-order valence-electron chi connectivity index (χ3n) is 11.1. The van der Waals surface area contributed by atoms with Crippen LogP contribution in [0.2, 0.25) is 5.02 Å². The van der Waals surface area contributed by atoms with E-state index in [9.17, 15) is 14.7 Å². The summed E-state index contributed by atoms with van der Waals surface area (Å²) < 4.78 is 5.81. The number of nitrogens with zero attached hydrogens (tertiary/aromatic N) is 1. The van der Waals surface area contributed by atoms with E-state index in [1.165, 1.54) is 4.90 Å². The van der Waals surface area contributed by atoms with E-state index in [0.717, 1.165) is 27.8 Å². The molecule has 0 saturated carbocycles. The van der Waals surface area contributed by atoms with Gasteiger partial charge in [-0.15, -0.1) is 0 Å². The molecule has 0 radical (unpaired) electrons. The van der Waals surface area contributed by atoms with Gasteiger partial charge in [-0.05, 0) is 63.9 Å². The Bertz CT molecular complexity index is 2250. The van der Waals surface area contributed by atoms with Gasteiger partial charge < -0.3 is 20.1 Å². The molecule has 0 spiro atoms. The predicted octanol–water partition coefficient (Wildman–Crippen LogP) is 9.62. The molecule has 8 heteroatoms. The summed E-state index contributed by atoms with van der Waals surface area (Å²) in [6, 6.07) is 51.4. The number of alkyl carbamates (subject to hydrolysis) is 1. The monoisotopic (exact) mass is 776 g/mol. The molecule has 57 heavy (non-hydrogen) atoms. The van der Waals surface area contributed by atoms with Crippen molar-refractivity contribution in [2.24, 2.45) is 11.8 Å². The summed E-state index contributed by atoms with van der Waals surface area (Å²) in [5.41, 5.74) is 5.88. The molecule has 2 N–H and O–H groups in total. The van der Waals surface area contributed by atoms with E-state index < -0.39 is 35.4 Å². The molecule has 6 aromatic rings. The van der Waals surface area contributed by atoms with E-state index in [1.807, 2.05) is 133 Å². The summed E-state index contributed by atoms with van der Waals surface area (Å²) in [5, 5.41) is 14.8. The average molecular weight is 777 g/mol. The second-order valence-corrected chi connectivity index (χ2v) is 15.1. The van der Waals surface area contributed by atoms with Crippen LogP contribution in [-0.2, 0) is 26.2 Å². The van der Waals surface area contributed by atoms with Crippen molar-refractivity contribution < 1.29 is 24.2 Å². The lowest BCUT2D eigenvalue weighted by Crippen LogP contribution is -2.53. The van der Waals surface area contributed by atoms with Gasteiger partial charge >= 0.3 is 12.1 Å². The summed E-state index contributed by atoms with van der Waals surface area (Å²) in [6.07, 6.45) is -0.457. The summed E-state index contributed by atoms with van der Waals surface area (Å²) in [4.78, 5) is 44.0. The highest BCUT2D eigenvalue weighted by Gasteiger charge is 2.54. The minimum Gasteiger partial charge on any atom is -0.481 e. The predicted molar refractivity (Wildman–Crippen MR) is 224 cm³/mol. The van der Waals surface area contributed by atoms with Crippen molar-refractivity contribution >= 4 is 29.6 Å². The number of carbonyl (C=O) groups excluding carboxylic acids is 2. The van der Waals surface area contributed by atoms with Gasteiger partial charge in [-0.1, -0.05) is 169 Å². The quantitative estimate of drug-likeness (QED) is 0.108. The number of halogens is 1. The third-order valence-corrected chi connectivity index (χ3v) is 11.5. The number of benzene rings is 6. The van der Waals surface area contributed by atoms with Gasteiger partial charge in [0, 0.05) is 30.6 Å². The summed E-state index contributed by atoms with van der Waals surface area (Å²) in [7, 11) is 1.65. The molecule has 1 unspecified atom stereocenters. The molecule has 6 aromatic carbocycles. The van der Waals surface area contributed by atoms with Crippen LogP contribution in [0, 0.1) is 11.8 Å². The van der Waals surface area contributed by atoms with Crippen LogP contribution in [-0.4, -0.2) is 54.2 Å². The molecule has 0 saturated heterocycles. The molecule has 0 bridgehead atoms. The number of nitrogens with one attached hydrogen (secondary N) is 1. The molecule has 1 aliphatic rings. The number of aliphatic carboxylic acids is 1. The fraction of sp³-hybridized carbons (Fsp3) is 0.204. The Morgan fingerprint density at radius 3 is 1.75 bits per heavy atom. The number of ether oxygens (including phenoxy) is 1. The van der Waals surface area contributed by atoms with Crippen LogP contribution in [0.15, 0.2) is 164 Å². The van der Waals surface area contributed by atoms with Gasteiger partial charge in [0.25, 0.3) is 0 Å². The number of likely N-dealkylation sites (N-methyl/N-ethyl adjacent to an activating group) is 1. The lowest BCUT2D eigenvalue weighted by Gasteiger charge is -2.44. The lowest BCUT2D eigenvalue weighted by atomic mass is 9.57. The number of carboxylic acid groups (broad SMARTS) is 1. The van der Waals surface area contributed by atoms with Crippen molar-refractivity contribution in [3.8, 4) is 11.1 Å². The van der Waals surface area contributed by atoms with E-state index in [-0.39, 0.29) is 31.4 Å². The van der Waals surface area contributed by atoms with Crippen molar-refractivity contribution in [2.75, 3.05) is 20.2 Å². The smallest absolute Gasteiger partial charge is 0.407 e.